The van der Waals surface area contributed by atoms with Crippen LogP contribution in [0.15, 0.2) is 47.8 Å². The predicted molar refractivity (Wildman–Crippen MR) is 95.2 cm³/mol. The molecule has 4 nitrogen and oxygen atoms in total. The van der Waals surface area contributed by atoms with Gasteiger partial charge in [-0.25, -0.2) is 0 Å². The van der Waals surface area contributed by atoms with Gasteiger partial charge >= 0.3 is 0 Å². The molecule has 0 aromatic heterocycles. The van der Waals surface area contributed by atoms with Gasteiger partial charge in [-0.15, -0.1) is 0 Å². The number of allylic oxidation sites excluding steroid dienone is 1. The molecule has 5 heteroatoms. The zero-order chi connectivity index (χ0) is 16.6. The molecule has 1 aromatic rings. The molecule has 0 unspecified atom stereocenters. The van der Waals surface area contributed by atoms with Crippen LogP contribution in [0.3, 0.4) is 0 Å². The molecule has 0 radical (unpaired) electrons. The third-order valence-corrected chi connectivity index (χ3v) is 8.65. The quantitative estimate of drug-likeness (QED) is 0.200. The van der Waals surface area contributed by atoms with Crippen LogP contribution < -0.4 is 0 Å². The highest BCUT2D eigenvalue weighted by Gasteiger charge is 2.37. The van der Waals surface area contributed by atoms with Gasteiger partial charge in [0.2, 0.25) is 8.32 Å². The average molecular weight is 318 g/mol. The minimum absolute atomic E-state index is 0.185. The normalized spacial score (nSPS) is 13.7. The highest BCUT2D eigenvalue weighted by molar-refractivity contribution is 6.74. The second-order valence-corrected chi connectivity index (χ2v) is 11.7. The van der Waals surface area contributed by atoms with E-state index >= 15 is 0 Å². The summed E-state index contributed by atoms with van der Waals surface area (Å²) >= 11 is 0. The first-order valence-corrected chi connectivity index (χ1v) is 10.6. The van der Waals surface area contributed by atoms with E-state index < -0.39 is 8.32 Å². The summed E-state index contributed by atoms with van der Waals surface area (Å²) in [5.41, 5.74) is 9.66. The van der Waals surface area contributed by atoms with Crippen LogP contribution in [0.4, 0.5) is 0 Å². The molecule has 0 saturated carbocycles. The molecule has 0 bridgehead atoms. The van der Waals surface area contributed by atoms with Gasteiger partial charge in [0.1, 0.15) is 0 Å². The lowest BCUT2D eigenvalue weighted by Crippen LogP contribution is -2.39. The van der Waals surface area contributed by atoms with Crippen molar-refractivity contribution in [2.45, 2.75) is 51.2 Å². The Kier molecular flexibility index (Phi) is 6.72. The molecule has 0 aliphatic carbocycles. The fourth-order valence-corrected chi connectivity index (χ4v) is 2.57. The first-order chi connectivity index (χ1) is 10.3. The summed E-state index contributed by atoms with van der Waals surface area (Å²) < 4.78 is 6.11. The average Bonchev–Trinajstić information content (AvgIpc) is 2.45. The van der Waals surface area contributed by atoms with Crippen LogP contribution in [0.2, 0.25) is 18.1 Å². The molecule has 0 spiro atoms. The van der Waals surface area contributed by atoms with E-state index in [1.807, 2.05) is 24.5 Å². The molecule has 0 aliphatic heterocycles. The highest BCUT2D eigenvalue weighted by Crippen LogP contribution is 2.36. The molecule has 0 N–H and O–H groups in total. The van der Waals surface area contributed by atoms with E-state index in [9.17, 15) is 0 Å². The van der Waals surface area contributed by atoms with E-state index in [2.05, 4.69) is 62.1 Å². The van der Waals surface area contributed by atoms with E-state index in [4.69, 9.17) is 9.96 Å². The molecule has 1 aromatic carbocycles. The maximum Gasteiger partial charge on any atom is 0.249 e. The van der Waals surface area contributed by atoms with Crippen LogP contribution in [-0.4, -0.2) is 14.9 Å². The minimum Gasteiger partial charge on any atom is -0.549 e. The minimum atomic E-state index is -1.78. The van der Waals surface area contributed by atoms with Crippen LogP contribution in [-0.2, 0) is 4.43 Å². The first-order valence-electron chi connectivity index (χ1n) is 7.68. The van der Waals surface area contributed by atoms with E-state index in [0.29, 0.717) is 6.54 Å². The van der Waals surface area contributed by atoms with Crippen molar-refractivity contribution in [1.29, 1.82) is 0 Å². The van der Waals surface area contributed by atoms with E-state index in [0.717, 1.165) is 6.42 Å². The second kappa shape index (κ2) is 8.06. The van der Waals surface area contributed by atoms with Crippen LogP contribution in [0.1, 0.15) is 38.7 Å². The Balaban J connectivity index is 2.80. The van der Waals surface area contributed by atoms with Gasteiger partial charge < -0.3 is 4.43 Å². The van der Waals surface area contributed by atoms with Crippen LogP contribution in [0.25, 0.3) is 10.4 Å². The fraction of sp³-hybridized carbons (Fsp3) is 0.529. The van der Waals surface area contributed by atoms with Crippen molar-refractivity contribution in [3.05, 3.63) is 58.7 Å². The molecule has 0 amide bonds. The van der Waals surface area contributed by atoms with Gasteiger partial charge in [-0.05, 0) is 41.7 Å². The van der Waals surface area contributed by atoms with Gasteiger partial charge in [0.15, 0.2) is 0 Å². The zero-order valence-electron chi connectivity index (χ0n) is 14.3. The third-order valence-electron chi connectivity index (χ3n) is 4.31. The Bertz CT molecular complexity index is 529. The fourth-order valence-electron chi connectivity index (χ4n) is 1.80. The van der Waals surface area contributed by atoms with Crippen molar-refractivity contribution in [1.82, 2.24) is 0 Å². The SMILES string of the molecule is CC(C)(C)[Si](C)(C)O/C=C\[C@H](CCN=[N+]=[N-])c1ccccc1. The number of azide groups is 1. The Morgan fingerprint density at radius 3 is 2.45 bits per heavy atom. The molecule has 0 aliphatic rings. The third kappa shape index (κ3) is 5.58. The predicted octanol–water partition coefficient (Wildman–Crippen LogP) is 6.01. The number of hydrogen-bond donors (Lipinski definition) is 0. The Morgan fingerprint density at radius 2 is 1.91 bits per heavy atom. The summed E-state index contributed by atoms with van der Waals surface area (Å²) in [7, 11) is -1.78. The summed E-state index contributed by atoms with van der Waals surface area (Å²) in [5.74, 6) is 0.205. The summed E-state index contributed by atoms with van der Waals surface area (Å²) in [6.07, 6.45) is 4.72. The maximum atomic E-state index is 8.44. The zero-order valence-corrected chi connectivity index (χ0v) is 15.3. The summed E-state index contributed by atoms with van der Waals surface area (Å²) in [5, 5.41) is 3.83. The van der Waals surface area contributed by atoms with Crippen LogP contribution in [0.5, 0.6) is 0 Å². The molecule has 1 atom stereocenters. The van der Waals surface area contributed by atoms with E-state index in [-0.39, 0.29) is 11.0 Å². The monoisotopic (exact) mass is 317 g/mol. The first kappa shape index (κ1) is 18.3. The maximum absolute atomic E-state index is 8.44. The lowest BCUT2D eigenvalue weighted by molar-refractivity contribution is 0.426. The Hall–Kier alpha value is -1.71. The van der Waals surface area contributed by atoms with Crippen molar-refractivity contribution in [3.8, 4) is 0 Å². The van der Waals surface area contributed by atoms with Gasteiger partial charge in [0, 0.05) is 17.4 Å². The van der Waals surface area contributed by atoms with Crippen molar-refractivity contribution in [3.63, 3.8) is 0 Å². The number of rotatable bonds is 7. The molecular weight excluding hydrogens is 290 g/mol. The van der Waals surface area contributed by atoms with Gasteiger partial charge in [-0.3, -0.25) is 0 Å². The molecule has 1 rings (SSSR count). The lowest BCUT2D eigenvalue weighted by atomic mass is 9.96. The van der Waals surface area contributed by atoms with Gasteiger partial charge in [-0.2, -0.15) is 0 Å². The van der Waals surface area contributed by atoms with Crippen molar-refractivity contribution >= 4 is 8.32 Å². The number of nitrogens with zero attached hydrogens (tertiary/aromatic N) is 3. The van der Waals surface area contributed by atoms with Crippen molar-refractivity contribution in [2.75, 3.05) is 6.54 Å². The van der Waals surface area contributed by atoms with E-state index in [1.165, 1.54) is 5.56 Å². The molecule has 0 heterocycles. The smallest absolute Gasteiger partial charge is 0.249 e. The van der Waals surface area contributed by atoms with Gasteiger partial charge in [0.25, 0.3) is 0 Å². The molecule has 22 heavy (non-hydrogen) atoms. The van der Waals surface area contributed by atoms with Crippen LogP contribution >= 0.6 is 0 Å². The molecular formula is C17H27N3OSi. The standard InChI is InChI=1S/C17H27N3OSi/c1-17(2,3)22(4,5)21-14-12-16(11-13-19-20-18)15-9-7-6-8-10-15/h6-10,12,14,16H,11,13H2,1-5H3/b14-12-/t16-/m0/s1. The number of hydrogen-bond acceptors (Lipinski definition) is 2. The molecule has 0 fully saturated rings. The Morgan fingerprint density at radius 1 is 1.27 bits per heavy atom. The van der Waals surface area contributed by atoms with E-state index in [1.54, 1.807) is 0 Å². The van der Waals surface area contributed by atoms with Crippen molar-refractivity contribution in [2.24, 2.45) is 5.11 Å². The molecule has 120 valence electrons. The summed E-state index contributed by atoms with van der Waals surface area (Å²) in [6, 6.07) is 10.2. The van der Waals surface area contributed by atoms with Crippen molar-refractivity contribution < 1.29 is 4.43 Å². The second-order valence-electron chi connectivity index (χ2n) is 6.97. The largest absolute Gasteiger partial charge is 0.549 e. The topological polar surface area (TPSA) is 58.0 Å². The highest BCUT2D eigenvalue weighted by atomic mass is 28.4. The van der Waals surface area contributed by atoms with Gasteiger partial charge in [-0.1, -0.05) is 56.2 Å². The summed E-state index contributed by atoms with van der Waals surface area (Å²) in [6.45, 7) is 11.6. The number of benzene rings is 1. The summed E-state index contributed by atoms with van der Waals surface area (Å²) in [4.78, 5) is 2.83. The Labute approximate surface area is 135 Å². The van der Waals surface area contributed by atoms with Gasteiger partial charge in [0.05, 0.1) is 6.26 Å². The van der Waals surface area contributed by atoms with Crippen LogP contribution in [0, 0.1) is 0 Å². The lowest BCUT2D eigenvalue weighted by Gasteiger charge is -2.35. The molecule has 0 saturated heterocycles.